The number of fused-ring (bicyclic) bond motifs is 3. The van der Waals surface area contributed by atoms with Crippen molar-refractivity contribution in [3.63, 3.8) is 0 Å². The number of aliphatic hydroxyl groups excluding tert-OH is 1. The molecule has 8 nitrogen and oxygen atoms in total. The summed E-state index contributed by atoms with van der Waals surface area (Å²) in [6, 6.07) is 10.5. The Morgan fingerprint density at radius 3 is 3.00 bits per heavy atom. The summed E-state index contributed by atoms with van der Waals surface area (Å²) in [5, 5.41) is 23.6. The summed E-state index contributed by atoms with van der Waals surface area (Å²) in [7, 11) is 0. The summed E-state index contributed by atoms with van der Waals surface area (Å²) in [6.45, 7) is 0. The van der Waals surface area contributed by atoms with Gasteiger partial charge in [0.05, 0.1) is 17.7 Å². The summed E-state index contributed by atoms with van der Waals surface area (Å²) in [5.74, 6) is 0.478. The highest BCUT2D eigenvalue weighted by molar-refractivity contribution is 5.89. The van der Waals surface area contributed by atoms with Crippen LogP contribution in [0, 0.1) is 5.92 Å². The minimum Gasteiger partial charge on any atom is -0.391 e. The van der Waals surface area contributed by atoms with Crippen LogP contribution in [0.25, 0.3) is 33.1 Å². The van der Waals surface area contributed by atoms with E-state index < -0.39 is 0 Å². The first-order chi connectivity index (χ1) is 14.7. The van der Waals surface area contributed by atoms with Crippen molar-refractivity contribution in [2.24, 2.45) is 5.92 Å². The van der Waals surface area contributed by atoms with E-state index in [0.29, 0.717) is 11.6 Å². The third-order valence-electron chi connectivity index (χ3n) is 6.34. The molecule has 0 spiro atoms. The smallest absolute Gasteiger partial charge is 0.202 e. The lowest BCUT2D eigenvalue weighted by molar-refractivity contribution is 0.136. The fourth-order valence-electron chi connectivity index (χ4n) is 4.80. The number of hydrogen-bond donors (Lipinski definition) is 2. The lowest BCUT2D eigenvalue weighted by Crippen LogP contribution is -2.17. The predicted octanol–water partition coefficient (Wildman–Crippen LogP) is 3.20. The molecule has 0 aliphatic heterocycles. The minimum atomic E-state index is -0.348. The monoisotopic (exact) mass is 399 g/mol. The van der Waals surface area contributed by atoms with Crippen molar-refractivity contribution in [3.05, 3.63) is 54.6 Å². The first-order valence-electron chi connectivity index (χ1n) is 10.3. The van der Waals surface area contributed by atoms with Gasteiger partial charge in [-0.25, -0.2) is 15.0 Å². The largest absolute Gasteiger partial charge is 0.391 e. The average molecular weight is 399 g/mol. The number of benzene rings is 1. The second kappa shape index (κ2) is 6.84. The Kier molecular flexibility index (Phi) is 3.98. The number of nitrogens with one attached hydrogen (secondary N) is 1. The van der Waals surface area contributed by atoms with Crippen LogP contribution in [0.2, 0.25) is 0 Å². The SMILES string of the molecule is O[C@@H]1C[C@@H](CCc2ccc3cc4n[nH]nc4nc3c2)C[C@H]1n1ccc2cncnc21. The van der Waals surface area contributed by atoms with Crippen LogP contribution in [0.3, 0.4) is 0 Å². The molecule has 150 valence electrons. The number of aryl methyl sites for hydroxylation is 1. The average Bonchev–Trinajstić information content (AvgIpc) is 3.48. The molecular weight excluding hydrogens is 378 g/mol. The number of pyridine rings is 1. The number of hydrogen-bond acceptors (Lipinski definition) is 6. The van der Waals surface area contributed by atoms with Crippen LogP contribution in [0.4, 0.5) is 0 Å². The Labute approximate surface area is 172 Å². The van der Waals surface area contributed by atoms with E-state index in [4.69, 9.17) is 0 Å². The summed E-state index contributed by atoms with van der Waals surface area (Å²) < 4.78 is 2.12. The van der Waals surface area contributed by atoms with E-state index in [-0.39, 0.29) is 12.1 Å². The van der Waals surface area contributed by atoms with Crippen LogP contribution in [-0.2, 0) is 6.42 Å². The van der Waals surface area contributed by atoms with Crippen molar-refractivity contribution < 1.29 is 5.11 Å². The maximum absolute atomic E-state index is 10.7. The van der Waals surface area contributed by atoms with Crippen molar-refractivity contribution in [2.75, 3.05) is 0 Å². The first-order valence-corrected chi connectivity index (χ1v) is 10.3. The third kappa shape index (κ3) is 2.91. The molecule has 1 aromatic carbocycles. The van der Waals surface area contributed by atoms with E-state index in [2.05, 4.69) is 53.1 Å². The van der Waals surface area contributed by atoms with Crippen molar-refractivity contribution >= 4 is 33.1 Å². The van der Waals surface area contributed by atoms with Gasteiger partial charge < -0.3 is 9.67 Å². The molecule has 4 heterocycles. The Bertz CT molecular complexity index is 1360. The quantitative estimate of drug-likeness (QED) is 0.481. The summed E-state index contributed by atoms with van der Waals surface area (Å²) in [4.78, 5) is 13.1. The van der Waals surface area contributed by atoms with Crippen LogP contribution < -0.4 is 0 Å². The second-order valence-corrected chi connectivity index (χ2v) is 8.22. The zero-order valence-electron chi connectivity index (χ0n) is 16.3. The highest BCUT2D eigenvalue weighted by atomic mass is 16.3. The predicted molar refractivity (Wildman–Crippen MR) is 113 cm³/mol. The Balaban J connectivity index is 1.18. The van der Waals surface area contributed by atoms with Crippen LogP contribution in [0.1, 0.15) is 30.9 Å². The molecule has 1 aliphatic carbocycles. The fourth-order valence-corrected chi connectivity index (χ4v) is 4.80. The molecule has 5 aromatic rings. The molecule has 0 radical (unpaired) electrons. The van der Waals surface area contributed by atoms with Gasteiger partial charge in [-0.05, 0) is 55.4 Å². The minimum absolute atomic E-state index is 0.0705. The number of aromatic nitrogens is 7. The zero-order valence-corrected chi connectivity index (χ0v) is 16.3. The number of aromatic amines is 1. The van der Waals surface area contributed by atoms with Gasteiger partial charge in [-0.3, -0.25) is 0 Å². The Morgan fingerprint density at radius 2 is 2.03 bits per heavy atom. The molecule has 0 saturated heterocycles. The lowest BCUT2D eigenvalue weighted by atomic mass is 9.97. The zero-order chi connectivity index (χ0) is 20.1. The molecule has 6 rings (SSSR count). The van der Waals surface area contributed by atoms with Crippen LogP contribution in [0.5, 0.6) is 0 Å². The molecule has 2 N–H and O–H groups in total. The van der Waals surface area contributed by atoms with Gasteiger partial charge in [-0.2, -0.15) is 10.3 Å². The van der Waals surface area contributed by atoms with Gasteiger partial charge in [0.1, 0.15) is 17.5 Å². The molecule has 30 heavy (non-hydrogen) atoms. The van der Waals surface area contributed by atoms with Crippen molar-refractivity contribution in [1.82, 2.24) is 34.9 Å². The van der Waals surface area contributed by atoms with E-state index in [9.17, 15) is 5.11 Å². The van der Waals surface area contributed by atoms with Gasteiger partial charge >= 0.3 is 0 Å². The van der Waals surface area contributed by atoms with Crippen molar-refractivity contribution in [1.29, 1.82) is 0 Å². The van der Waals surface area contributed by atoms with Gasteiger partial charge in [-0.15, -0.1) is 5.10 Å². The van der Waals surface area contributed by atoms with E-state index in [1.54, 1.807) is 6.33 Å². The summed E-state index contributed by atoms with van der Waals surface area (Å²) >= 11 is 0. The Morgan fingerprint density at radius 1 is 1.07 bits per heavy atom. The van der Waals surface area contributed by atoms with Gasteiger partial charge in [0.15, 0.2) is 0 Å². The molecule has 1 aliphatic rings. The van der Waals surface area contributed by atoms with Gasteiger partial charge in [-0.1, -0.05) is 12.1 Å². The molecule has 0 unspecified atom stereocenters. The van der Waals surface area contributed by atoms with E-state index in [1.807, 2.05) is 24.5 Å². The number of nitrogens with zero attached hydrogens (tertiary/aromatic N) is 6. The topological polar surface area (TPSA) is 105 Å². The number of aliphatic hydroxyl groups is 1. The number of H-pyrrole nitrogens is 1. The molecule has 1 saturated carbocycles. The van der Waals surface area contributed by atoms with Crippen LogP contribution >= 0.6 is 0 Å². The molecule has 1 fully saturated rings. The first kappa shape index (κ1) is 17.5. The number of rotatable bonds is 4. The second-order valence-electron chi connectivity index (χ2n) is 8.22. The molecule has 4 aromatic heterocycles. The maximum atomic E-state index is 10.7. The highest BCUT2D eigenvalue weighted by Crippen LogP contribution is 2.39. The van der Waals surface area contributed by atoms with Crippen LogP contribution in [-0.4, -0.2) is 46.1 Å². The van der Waals surface area contributed by atoms with E-state index in [0.717, 1.165) is 53.1 Å². The summed E-state index contributed by atoms with van der Waals surface area (Å²) in [5.41, 5.74) is 4.52. The third-order valence-corrected chi connectivity index (χ3v) is 6.34. The molecular formula is C22H21N7O. The van der Waals surface area contributed by atoms with Gasteiger partial charge in [0.25, 0.3) is 0 Å². The lowest BCUT2D eigenvalue weighted by Gasteiger charge is -2.17. The Hall–Kier alpha value is -3.39. The van der Waals surface area contributed by atoms with E-state index in [1.165, 1.54) is 5.56 Å². The molecule has 0 bridgehead atoms. The fraction of sp³-hybridized carbons (Fsp3) is 0.318. The van der Waals surface area contributed by atoms with Gasteiger partial charge in [0.2, 0.25) is 5.65 Å². The van der Waals surface area contributed by atoms with Gasteiger partial charge in [0, 0.05) is 23.2 Å². The standard InChI is InChI=1S/C22H21N7O/c30-20-9-14(8-19(20)29-6-5-16-11-23-12-24-22(16)29)2-1-13-3-4-15-10-18-21(27-28-26-18)25-17(15)7-13/h3-7,10-12,14,19-20,30H,1-2,8-9H2,(H,25,26,27,28)/t14-,19+,20+/m0/s1. The van der Waals surface area contributed by atoms with Crippen LogP contribution in [0.15, 0.2) is 49.1 Å². The van der Waals surface area contributed by atoms with E-state index >= 15 is 0 Å². The van der Waals surface area contributed by atoms with Crippen molar-refractivity contribution in [2.45, 2.75) is 37.8 Å². The molecule has 8 heteroatoms. The maximum Gasteiger partial charge on any atom is 0.202 e. The van der Waals surface area contributed by atoms with Crippen molar-refractivity contribution in [3.8, 4) is 0 Å². The summed E-state index contributed by atoms with van der Waals surface area (Å²) in [6.07, 6.45) is 8.85. The highest BCUT2D eigenvalue weighted by Gasteiger charge is 2.34. The normalized spacial score (nSPS) is 21.8. The molecule has 0 amide bonds. The molecule has 3 atom stereocenters.